The molecule has 0 spiro atoms. The summed E-state index contributed by atoms with van der Waals surface area (Å²) in [7, 11) is 0. The molecular formula is C22H20BrNO4. The fourth-order valence-electron chi connectivity index (χ4n) is 2.52. The molecule has 0 radical (unpaired) electrons. The first-order chi connectivity index (χ1) is 13.5. The van der Waals surface area contributed by atoms with E-state index < -0.39 is 5.97 Å². The summed E-state index contributed by atoms with van der Waals surface area (Å²) in [6.45, 7) is 8.53. The van der Waals surface area contributed by atoms with Crippen molar-refractivity contribution < 1.29 is 19.0 Å². The molecule has 6 heteroatoms. The molecule has 3 rings (SSSR count). The minimum absolute atomic E-state index is 0.226. The lowest BCUT2D eigenvalue weighted by Crippen LogP contribution is -2.05. The van der Waals surface area contributed by atoms with Crippen LogP contribution in [0.15, 0.2) is 69.8 Å². The number of hydrogen-bond acceptors (Lipinski definition) is 5. The molecule has 0 amide bonds. The Balaban J connectivity index is 1.89. The van der Waals surface area contributed by atoms with Crippen LogP contribution in [-0.2, 0) is 9.53 Å². The number of ether oxygens (including phenoxy) is 3. The van der Waals surface area contributed by atoms with Gasteiger partial charge in [-0.05, 0) is 71.3 Å². The van der Waals surface area contributed by atoms with E-state index in [0.717, 1.165) is 21.2 Å². The topological polar surface area (TPSA) is 57.1 Å². The standard InChI is InChI=1S/C22H20BrNO4/c1-4-26-20-12-15(9-10-19(20)27-13-14(2)3)11-18-22(25)28-21(24-18)16-7-5-6-8-17(16)23/h5-12H,2,4,13H2,1,3H3/b18-11+. The molecule has 0 N–H and O–H groups in total. The molecule has 5 nitrogen and oxygen atoms in total. The SMILES string of the molecule is C=C(C)COc1ccc(/C=C2/N=C(c3ccccc3Br)OC2=O)cc1OCC. The maximum atomic E-state index is 12.2. The van der Waals surface area contributed by atoms with Gasteiger partial charge in [0.15, 0.2) is 17.2 Å². The van der Waals surface area contributed by atoms with E-state index in [2.05, 4.69) is 27.5 Å². The second-order valence-electron chi connectivity index (χ2n) is 6.20. The maximum absolute atomic E-state index is 12.2. The summed E-state index contributed by atoms with van der Waals surface area (Å²) in [5.74, 6) is 0.999. The number of hydrogen-bond donors (Lipinski definition) is 0. The van der Waals surface area contributed by atoms with Crippen molar-refractivity contribution in [3.8, 4) is 11.5 Å². The molecule has 0 atom stereocenters. The largest absolute Gasteiger partial charge is 0.490 e. The van der Waals surface area contributed by atoms with Crippen molar-refractivity contribution in [3.05, 3.63) is 75.9 Å². The van der Waals surface area contributed by atoms with Gasteiger partial charge in [-0.1, -0.05) is 24.8 Å². The Kier molecular flexibility index (Phi) is 6.31. The van der Waals surface area contributed by atoms with E-state index in [9.17, 15) is 4.79 Å². The fourth-order valence-corrected chi connectivity index (χ4v) is 2.97. The molecule has 0 saturated carbocycles. The van der Waals surface area contributed by atoms with Gasteiger partial charge in [0.05, 0.1) is 12.2 Å². The van der Waals surface area contributed by atoms with E-state index in [1.54, 1.807) is 12.1 Å². The number of nitrogens with zero attached hydrogens (tertiary/aromatic N) is 1. The number of cyclic esters (lactones) is 1. The first-order valence-corrected chi connectivity index (χ1v) is 9.58. The number of aliphatic imine (C=N–C) groups is 1. The van der Waals surface area contributed by atoms with Gasteiger partial charge < -0.3 is 14.2 Å². The lowest BCUT2D eigenvalue weighted by atomic mass is 10.1. The van der Waals surface area contributed by atoms with Crippen LogP contribution in [0.4, 0.5) is 0 Å². The van der Waals surface area contributed by atoms with Crippen molar-refractivity contribution in [1.29, 1.82) is 0 Å². The molecule has 144 valence electrons. The van der Waals surface area contributed by atoms with E-state index in [1.807, 2.05) is 50.2 Å². The van der Waals surface area contributed by atoms with E-state index in [1.165, 1.54) is 0 Å². The van der Waals surface area contributed by atoms with Crippen LogP contribution < -0.4 is 9.47 Å². The van der Waals surface area contributed by atoms with Gasteiger partial charge >= 0.3 is 5.97 Å². The van der Waals surface area contributed by atoms with E-state index in [0.29, 0.717) is 24.7 Å². The summed E-state index contributed by atoms with van der Waals surface area (Å²) in [5.41, 5.74) is 2.62. The van der Waals surface area contributed by atoms with Gasteiger partial charge in [0.2, 0.25) is 5.90 Å². The Hall–Kier alpha value is -2.86. The smallest absolute Gasteiger partial charge is 0.363 e. The average Bonchev–Trinajstić information content (AvgIpc) is 3.02. The summed E-state index contributed by atoms with van der Waals surface area (Å²) in [4.78, 5) is 16.6. The minimum atomic E-state index is -0.494. The zero-order chi connectivity index (χ0) is 20.1. The second kappa shape index (κ2) is 8.89. The number of benzene rings is 2. The Morgan fingerprint density at radius 1 is 1.21 bits per heavy atom. The van der Waals surface area contributed by atoms with Crippen molar-refractivity contribution in [2.45, 2.75) is 13.8 Å². The predicted molar refractivity (Wildman–Crippen MR) is 113 cm³/mol. The number of rotatable bonds is 7. The Labute approximate surface area is 172 Å². The molecule has 0 saturated heterocycles. The minimum Gasteiger partial charge on any atom is -0.490 e. The highest BCUT2D eigenvalue weighted by Crippen LogP contribution is 2.31. The number of esters is 1. The Morgan fingerprint density at radius 2 is 2.00 bits per heavy atom. The van der Waals surface area contributed by atoms with E-state index >= 15 is 0 Å². The molecule has 0 aliphatic carbocycles. The summed E-state index contributed by atoms with van der Waals surface area (Å²) in [5, 5.41) is 0. The highest BCUT2D eigenvalue weighted by molar-refractivity contribution is 9.10. The zero-order valence-electron chi connectivity index (χ0n) is 15.7. The molecule has 2 aromatic rings. The number of carbonyl (C=O) groups is 1. The molecule has 0 fully saturated rings. The van der Waals surface area contributed by atoms with Crippen molar-refractivity contribution in [1.82, 2.24) is 0 Å². The summed E-state index contributed by atoms with van der Waals surface area (Å²) in [6.07, 6.45) is 1.66. The van der Waals surface area contributed by atoms with Crippen LogP contribution in [0, 0.1) is 0 Å². The molecule has 28 heavy (non-hydrogen) atoms. The lowest BCUT2D eigenvalue weighted by Gasteiger charge is -2.12. The fraction of sp³-hybridized carbons (Fsp3) is 0.182. The van der Waals surface area contributed by atoms with Crippen molar-refractivity contribution in [2.75, 3.05) is 13.2 Å². The predicted octanol–water partition coefficient (Wildman–Crippen LogP) is 5.15. The summed E-state index contributed by atoms with van der Waals surface area (Å²) >= 11 is 3.44. The third-order valence-electron chi connectivity index (χ3n) is 3.77. The van der Waals surface area contributed by atoms with E-state index in [-0.39, 0.29) is 11.6 Å². The van der Waals surface area contributed by atoms with Crippen LogP contribution in [-0.4, -0.2) is 25.1 Å². The van der Waals surface area contributed by atoms with Crippen molar-refractivity contribution in [3.63, 3.8) is 0 Å². The average molecular weight is 442 g/mol. The zero-order valence-corrected chi connectivity index (χ0v) is 17.3. The molecule has 1 aliphatic rings. The first-order valence-electron chi connectivity index (χ1n) is 8.79. The maximum Gasteiger partial charge on any atom is 0.363 e. The van der Waals surface area contributed by atoms with Gasteiger partial charge in [-0.2, -0.15) is 0 Å². The van der Waals surface area contributed by atoms with Crippen molar-refractivity contribution >= 4 is 33.9 Å². The van der Waals surface area contributed by atoms with Crippen LogP contribution >= 0.6 is 15.9 Å². The highest BCUT2D eigenvalue weighted by Gasteiger charge is 2.25. The van der Waals surface area contributed by atoms with Crippen LogP contribution in [0.3, 0.4) is 0 Å². The van der Waals surface area contributed by atoms with Gasteiger partial charge in [0, 0.05) is 4.47 Å². The first kappa shape index (κ1) is 19.9. The lowest BCUT2D eigenvalue weighted by molar-refractivity contribution is -0.129. The molecule has 0 aromatic heterocycles. The van der Waals surface area contributed by atoms with Crippen LogP contribution in [0.5, 0.6) is 11.5 Å². The molecule has 0 bridgehead atoms. The van der Waals surface area contributed by atoms with Crippen LogP contribution in [0.1, 0.15) is 25.0 Å². The second-order valence-corrected chi connectivity index (χ2v) is 7.06. The Morgan fingerprint density at radius 3 is 2.71 bits per heavy atom. The van der Waals surface area contributed by atoms with Gasteiger partial charge in [0.25, 0.3) is 0 Å². The normalized spacial score (nSPS) is 14.6. The van der Waals surface area contributed by atoms with Gasteiger partial charge in [-0.3, -0.25) is 0 Å². The van der Waals surface area contributed by atoms with Gasteiger partial charge in [-0.25, -0.2) is 9.79 Å². The Bertz CT molecular complexity index is 978. The van der Waals surface area contributed by atoms with Gasteiger partial charge in [-0.15, -0.1) is 0 Å². The molecule has 1 aliphatic heterocycles. The number of carbonyl (C=O) groups excluding carboxylic acids is 1. The number of halogens is 1. The monoisotopic (exact) mass is 441 g/mol. The molecule has 0 unspecified atom stereocenters. The van der Waals surface area contributed by atoms with Gasteiger partial charge in [0.1, 0.15) is 6.61 Å². The third kappa shape index (κ3) is 4.70. The van der Waals surface area contributed by atoms with Crippen LogP contribution in [0.25, 0.3) is 6.08 Å². The highest BCUT2D eigenvalue weighted by atomic mass is 79.9. The summed E-state index contributed by atoms with van der Waals surface area (Å²) < 4.78 is 17.5. The van der Waals surface area contributed by atoms with E-state index in [4.69, 9.17) is 14.2 Å². The quantitative estimate of drug-likeness (QED) is 0.338. The van der Waals surface area contributed by atoms with Crippen LogP contribution in [0.2, 0.25) is 0 Å². The summed E-state index contributed by atoms with van der Waals surface area (Å²) in [6, 6.07) is 12.9. The molecular weight excluding hydrogens is 422 g/mol. The molecule has 1 heterocycles. The third-order valence-corrected chi connectivity index (χ3v) is 4.46. The molecule has 2 aromatic carbocycles. The van der Waals surface area contributed by atoms with Crippen molar-refractivity contribution in [2.24, 2.45) is 4.99 Å².